The summed E-state index contributed by atoms with van der Waals surface area (Å²) < 4.78 is 0. The Balaban J connectivity index is 2.24. The highest BCUT2D eigenvalue weighted by Crippen LogP contribution is 2.30. The van der Waals surface area contributed by atoms with Crippen molar-refractivity contribution >= 4 is 11.6 Å². The number of nitrogens with zero attached hydrogens (tertiary/aromatic N) is 1. The van der Waals surface area contributed by atoms with Crippen molar-refractivity contribution in [2.75, 3.05) is 13.6 Å². The molecule has 0 saturated carbocycles. The third kappa shape index (κ3) is 1.87. The second-order valence-electron chi connectivity index (χ2n) is 3.50. The normalized spacial score (nSPS) is 23.7. The molecule has 1 radical (unpaired) electrons. The average Bonchev–Trinajstić information content (AvgIpc) is 2.51. The number of hydrogen-bond donors (Lipinski definition) is 0. The Morgan fingerprint density at radius 3 is 2.92 bits per heavy atom. The Morgan fingerprint density at radius 1 is 1.46 bits per heavy atom. The van der Waals surface area contributed by atoms with E-state index in [0.717, 1.165) is 11.6 Å². The van der Waals surface area contributed by atoms with Gasteiger partial charge in [-0.1, -0.05) is 23.7 Å². The van der Waals surface area contributed by atoms with Gasteiger partial charge in [0.25, 0.3) is 0 Å². The van der Waals surface area contributed by atoms with Crippen LogP contribution in [0.2, 0.25) is 5.02 Å². The minimum Gasteiger partial charge on any atom is -0.299 e. The predicted octanol–water partition coefficient (Wildman–Crippen LogP) is 2.92. The lowest BCUT2D eigenvalue weighted by Crippen LogP contribution is -2.17. The molecule has 2 rings (SSSR count). The Bertz CT molecular complexity index is 298. The molecular formula is C11H13ClN. The van der Waals surface area contributed by atoms with E-state index in [1.165, 1.54) is 12.0 Å². The highest BCUT2D eigenvalue weighted by molar-refractivity contribution is 6.30. The summed E-state index contributed by atoms with van der Waals surface area (Å²) >= 11 is 5.94. The van der Waals surface area contributed by atoms with Gasteiger partial charge in [-0.25, -0.2) is 0 Å². The fraction of sp³-hybridized carbons (Fsp3) is 0.364. The topological polar surface area (TPSA) is 3.24 Å². The zero-order valence-electron chi connectivity index (χ0n) is 7.70. The number of benzene rings is 1. The van der Waals surface area contributed by atoms with Gasteiger partial charge in [0.15, 0.2) is 0 Å². The van der Waals surface area contributed by atoms with Crippen LogP contribution in [-0.4, -0.2) is 18.5 Å². The van der Waals surface area contributed by atoms with Gasteiger partial charge in [-0.3, -0.25) is 4.90 Å². The van der Waals surface area contributed by atoms with Gasteiger partial charge >= 0.3 is 0 Å². The molecule has 0 N–H and O–H groups in total. The summed E-state index contributed by atoms with van der Waals surface area (Å²) in [6.45, 7) is 1.15. The molecular weight excluding hydrogens is 182 g/mol. The van der Waals surface area contributed by atoms with Crippen LogP contribution in [0.5, 0.6) is 0 Å². The van der Waals surface area contributed by atoms with Crippen LogP contribution in [0.4, 0.5) is 0 Å². The summed E-state index contributed by atoms with van der Waals surface area (Å²) in [4.78, 5) is 2.34. The standard InChI is InChI=1S/C11H13ClN/c1-13-7-3-6-11(13)9-4-2-5-10(12)8-9/h2,4-6,8,11H,3,7H2,1H3. The van der Waals surface area contributed by atoms with E-state index in [2.05, 4.69) is 24.4 Å². The Morgan fingerprint density at radius 2 is 2.31 bits per heavy atom. The van der Waals surface area contributed by atoms with Gasteiger partial charge in [0.1, 0.15) is 0 Å². The van der Waals surface area contributed by atoms with Crippen molar-refractivity contribution in [2.45, 2.75) is 12.5 Å². The van der Waals surface area contributed by atoms with E-state index in [4.69, 9.17) is 11.6 Å². The van der Waals surface area contributed by atoms with Gasteiger partial charge in [-0.05, 0) is 44.1 Å². The predicted molar refractivity (Wildman–Crippen MR) is 55.7 cm³/mol. The van der Waals surface area contributed by atoms with E-state index in [1.54, 1.807) is 0 Å². The molecule has 1 atom stereocenters. The minimum atomic E-state index is 0.457. The van der Waals surface area contributed by atoms with Gasteiger partial charge in [0.2, 0.25) is 0 Å². The third-order valence-corrected chi connectivity index (χ3v) is 2.77. The molecule has 0 bridgehead atoms. The molecule has 0 aromatic heterocycles. The van der Waals surface area contributed by atoms with E-state index in [0.29, 0.717) is 6.04 Å². The number of halogens is 1. The quantitative estimate of drug-likeness (QED) is 0.665. The van der Waals surface area contributed by atoms with Crippen molar-refractivity contribution in [1.29, 1.82) is 0 Å². The van der Waals surface area contributed by atoms with Gasteiger partial charge in [-0.2, -0.15) is 0 Å². The summed E-state index contributed by atoms with van der Waals surface area (Å²) in [6.07, 6.45) is 3.51. The first-order valence-corrected chi connectivity index (χ1v) is 4.94. The van der Waals surface area contributed by atoms with Crippen molar-refractivity contribution < 1.29 is 0 Å². The maximum atomic E-state index is 5.94. The second-order valence-corrected chi connectivity index (χ2v) is 3.94. The SMILES string of the molecule is CN1CC[CH]C1c1cccc(Cl)c1. The van der Waals surface area contributed by atoms with E-state index in [-0.39, 0.29) is 0 Å². The maximum absolute atomic E-state index is 5.94. The zero-order chi connectivity index (χ0) is 9.26. The van der Waals surface area contributed by atoms with Crippen LogP contribution in [0, 0.1) is 6.42 Å². The molecule has 1 aromatic rings. The summed E-state index contributed by atoms with van der Waals surface area (Å²) in [5.74, 6) is 0. The van der Waals surface area contributed by atoms with Crippen molar-refractivity contribution in [3.8, 4) is 0 Å². The molecule has 13 heavy (non-hydrogen) atoms. The number of likely N-dealkylation sites (tertiary alicyclic amines) is 1. The van der Waals surface area contributed by atoms with Crippen molar-refractivity contribution in [3.63, 3.8) is 0 Å². The van der Waals surface area contributed by atoms with Crippen LogP contribution in [-0.2, 0) is 0 Å². The molecule has 0 amide bonds. The first-order valence-electron chi connectivity index (χ1n) is 4.56. The van der Waals surface area contributed by atoms with Gasteiger partial charge in [0.05, 0.1) is 0 Å². The zero-order valence-corrected chi connectivity index (χ0v) is 8.46. The van der Waals surface area contributed by atoms with E-state index >= 15 is 0 Å². The molecule has 69 valence electrons. The molecule has 1 heterocycles. The second kappa shape index (κ2) is 3.69. The van der Waals surface area contributed by atoms with Crippen LogP contribution in [0.25, 0.3) is 0 Å². The third-order valence-electron chi connectivity index (χ3n) is 2.54. The molecule has 2 heteroatoms. The Hall–Kier alpha value is -0.530. The molecule has 1 nitrogen and oxygen atoms in total. The van der Waals surface area contributed by atoms with Crippen LogP contribution >= 0.6 is 11.6 Å². The van der Waals surface area contributed by atoms with Crippen molar-refractivity contribution in [1.82, 2.24) is 4.90 Å². The van der Waals surface area contributed by atoms with Gasteiger partial charge < -0.3 is 0 Å². The van der Waals surface area contributed by atoms with E-state index in [9.17, 15) is 0 Å². The molecule has 1 fully saturated rings. The fourth-order valence-electron chi connectivity index (χ4n) is 1.84. The van der Waals surface area contributed by atoms with Gasteiger partial charge in [0, 0.05) is 11.1 Å². The van der Waals surface area contributed by atoms with E-state index < -0.39 is 0 Å². The van der Waals surface area contributed by atoms with Crippen LogP contribution in [0.15, 0.2) is 24.3 Å². The highest BCUT2D eigenvalue weighted by Gasteiger charge is 2.22. The summed E-state index contributed by atoms with van der Waals surface area (Å²) in [5, 5.41) is 0.825. The van der Waals surface area contributed by atoms with Crippen LogP contribution in [0.3, 0.4) is 0 Å². The highest BCUT2D eigenvalue weighted by atomic mass is 35.5. The van der Waals surface area contributed by atoms with Crippen molar-refractivity contribution in [2.24, 2.45) is 0 Å². The summed E-state index contributed by atoms with van der Waals surface area (Å²) in [5.41, 5.74) is 1.30. The molecule has 1 aromatic carbocycles. The average molecular weight is 195 g/mol. The van der Waals surface area contributed by atoms with Crippen LogP contribution < -0.4 is 0 Å². The van der Waals surface area contributed by atoms with E-state index in [1.807, 2.05) is 18.2 Å². The largest absolute Gasteiger partial charge is 0.299 e. The smallest absolute Gasteiger partial charge is 0.0409 e. The summed E-state index contributed by atoms with van der Waals surface area (Å²) in [6, 6.07) is 8.57. The number of hydrogen-bond acceptors (Lipinski definition) is 1. The molecule has 0 aliphatic carbocycles. The molecule has 1 aliphatic rings. The Labute approximate surface area is 84.3 Å². The lowest BCUT2D eigenvalue weighted by atomic mass is 10.1. The lowest BCUT2D eigenvalue weighted by molar-refractivity contribution is 0.334. The Kier molecular flexibility index (Phi) is 2.56. The molecule has 1 unspecified atom stereocenters. The van der Waals surface area contributed by atoms with Crippen molar-refractivity contribution in [3.05, 3.63) is 41.3 Å². The monoisotopic (exact) mass is 194 g/mol. The number of rotatable bonds is 1. The molecule has 0 spiro atoms. The molecule has 1 aliphatic heterocycles. The first-order chi connectivity index (χ1) is 6.27. The first kappa shape index (κ1) is 9.04. The van der Waals surface area contributed by atoms with Crippen LogP contribution in [0.1, 0.15) is 18.0 Å². The lowest BCUT2D eigenvalue weighted by Gasteiger charge is -2.19. The fourth-order valence-corrected chi connectivity index (χ4v) is 2.03. The van der Waals surface area contributed by atoms with Gasteiger partial charge in [-0.15, -0.1) is 0 Å². The maximum Gasteiger partial charge on any atom is 0.0409 e. The minimum absolute atomic E-state index is 0.457. The molecule has 1 saturated heterocycles. The summed E-state index contributed by atoms with van der Waals surface area (Å²) in [7, 11) is 2.15.